The van der Waals surface area contributed by atoms with Crippen molar-refractivity contribution in [2.24, 2.45) is 0 Å². The summed E-state index contributed by atoms with van der Waals surface area (Å²) >= 11 is 0. The van der Waals surface area contributed by atoms with Crippen LogP contribution in [0.25, 0.3) is 0 Å². The van der Waals surface area contributed by atoms with Gasteiger partial charge < -0.3 is 15.0 Å². The smallest absolute Gasteiger partial charge is 0.322 e. The molecule has 1 aromatic heterocycles. The van der Waals surface area contributed by atoms with Gasteiger partial charge in [0.05, 0.1) is 0 Å². The Morgan fingerprint density at radius 2 is 1.90 bits per heavy atom. The molecule has 148 valence electrons. The first-order valence-corrected chi connectivity index (χ1v) is 9.70. The highest BCUT2D eigenvalue weighted by molar-refractivity contribution is 5.89. The Morgan fingerprint density at radius 3 is 2.66 bits per heavy atom. The molecule has 1 N–H and O–H groups in total. The number of carbonyl (C=O) groups is 1. The number of hydrogen-bond donors (Lipinski definition) is 1. The number of urea groups is 1. The van der Waals surface area contributed by atoms with Crippen molar-refractivity contribution in [1.82, 2.24) is 14.9 Å². The SMILES string of the molecule is Cc1cc(C)c2c(c1)CCN(C(=O)Nc1ccc(Oc3nccc(C)n3)cc1)C2. The molecule has 2 amide bonds. The molecular weight excluding hydrogens is 364 g/mol. The molecule has 0 bridgehead atoms. The predicted octanol–water partition coefficient (Wildman–Crippen LogP) is 4.78. The Hall–Kier alpha value is -3.41. The van der Waals surface area contributed by atoms with E-state index in [1.54, 1.807) is 18.3 Å². The molecule has 2 heterocycles. The van der Waals surface area contributed by atoms with E-state index < -0.39 is 0 Å². The average Bonchev–Trinajstić information content (AvgIpc) is 2.69. The van der Waals surface area contributed by atoms with Gasteiger partial charge in [0.1, 0.15) is 5.75 Å². The summed E-state index contributed by atoms with van der Waals surface area (Å²) in [5.41, 5.74) is 6.70. The summed E-state index contributed by atoms with van der Waals surface area (Å²) in [6, 6.07) is 13.6. The molecule has 3 aromatic rings. The van der Waals surface area contributed by atoms with Crippen molar-refractivity contribution in [3.8, 4) is 11.8 Å². The number of rotatable bonds is 3. The summed E-state index contributed by atoms with van der Waals surface area (Å²) in [6.07, 6.45) is 2.54. The number of nitrogens with zero attached hydrogens (tertiary/aromatic N) is 3. The predicted molar refractivity (Wildman–Crippen MR) is 112 cm³/mol. The zero-order chi connectivity index (χ0) is 20.4. The van der Waals surface area contributed by atoms with E-state index in [-0.39, 0.29) is 6.03 Å². The largest absolute Gasteiger partial charge is 0.424 e. The molecule has 0 fully saturated rings. The number of carbonyl (C=O) groups excluding carboxylic acids is 1. The second-order valence-electron chi connectivity index (χ2n) is 7.43. The molecule has 1 aliphatic rings. The molecule has 0 spiro atoms. The third-order valence-electron chi connectivity index (χ3n) is 5.08. The van der Waals surface area contributed by atoms with Crippen LogP contribution in [0.5, 0.6) is 11.8 Å². The van der Waals surface area contributed by atoms with Gasteiger partial charge in [-0.1, -0.05) is 17.7 Å². The van der Waals surface area contributed by atoms with Crippen LogP contribution in [0.2, 0.25) is 0 Å². The molecule has 6 nitrogen and oxygen atoms in total. The van der Waals surface area contributed by atoms with Gasteiger partial charge in [-0.3, -0.25) is 0 Å². The van der Waals surface area contributed by atoms with E-state index in [2.05, 4.69) is 41.3 Å². The lowest BCUT2D eigenvalue weighted by Gasteiger charge is -2.30. The average molecular weight is 388 g/mol. The van der Waals surface area contributed by atoms with Gasteiger partial charge in [0.25, 0.3) is 0 Å². The van der Waals surface area contributed by atoms with E-state index >= 15 is 0 Å². The van der Waals surface area contributed by atoms with Crippen molar-refractivity contribution in [2.75, 3.05) is 11.9 Å². The molecule has 6 heteroatoms. The number of benzene rings is 2. The van der Waals surface area contributed by atoms with Gasteiger partial charge in [0.2, 0.25) is 0 Å². The van der Waals surface area contributed by atoms with E-state index in [0.717, 1.165) is 17.8 Å². The second-order valence-corrected chi connectivity index (χ2v) is 7.43. The molecular formula is C23H24N4O2. The topological polar surface area (TPSA) is 67.4 Å². The Balaban J connectivity index is 1.40. The van der Waals surface area contributed by atoms with E-state index in [1.807, 2.05) is 30.0 Å². The number of aryl methyl sites for hydroxylation is 3. The molecule has 0 atom stereocenters. The highest BCUT2D eigenvalue weighted by Crippen LogP contribution is 2.25. The fourth-order valence-corrected chi connectivity index (χ4v) is 3.62. The number of nitrogens with one attached hydrogen (secondary N) is 1. The first-order chi connectivity index (χ1) is 14.0. The van der Waals surface area contributed by atoms with Crippen LogP contribution < -0.4 is 10.1 Å². The third-order valence-corrected chi connectivity index (χ3v) is 5.08. The molecule has 0 saturated carbocycles. The number of anilines is 1. The monoisotopic (exact) mass is 388 g/mol. The number of hydrogen-bond acceptors (Lipinski definition) is 4. The van der Waals surface area contributed by atoms with Crippen LogP contribution in [0.4, 0.5) is 10.5 Å². The van der Waals surface area contributed by atoms with E-state index in [4.69, 9.17) is 4.74 Å². The highest BCUT2D eigenvalue weighted by Gasteiger charge is 2.22. The quantitative estimate of drug-likeness (QED) is 0.701. The Labute approximate surface area is 170 Å². The molecule has 1 aliphatic heterocycles. The molecule has 29 heavy (non-hydrogen) atoms. The molecule has 0 saturated heterocycles. The Kier molecular flexibility index (Phi) is 5.16. The normalized spacial score (nSPS) is 13.0. The minimum atomic E-state index is -0.0914. The van der Waals surface area contributed by atoms with E-state index in [0.29, 0.717) is 24.8 Å². The van der Waals surface area contributed by atoms with Crippen molar-refractivity contribution in [2.45, 2.75) is 33.7 Å². The zero-order valence-electron chi connectivity index (χ0n) is 16.9. The van der Waals surface area contributed by atoms with Gasteiger partial charge in [0, 0.05) is 30.7 Å². The van der Waals surface area contributed by atoms with E-state index in [1.165, 1.54) is 22.3 Å². The minimum Gasteiger partial charge on any atom is -0.424 e. The van der Waals surface area contributed by atoms with Gasteiger partial charge in [-0.15, -0.1) is 0 Å². The van der Waals surface area contributed by atoms with Crippen LogP contribution in [-0.4, -0.2) is 27.4 Å². The lowest BCUT2D eigenvalue weighted by atomic mass is 9.93. The van der Waals surface area contributed by atoms with Crippen molar-refractivity contribution >= 4 is 11.7 Å². The molecule has 2 aromatic carbocycles. The minimum absolute atomic E-state index is 0.0914. The number of amides is 2. The lowest BCUT2D eigenvalue weighted by molar-refractivity contribution is 0.206. The first kappa shape index (κ1) is 18.9. The lowest BCUT2D eigenvalue weighted by Crippen LogP contribution is -2.39. The van der Waals surface area contributed by atoms with Crippen LogP contribution in [0.1, 0.15) is 27.9 Å². The highest BCUT2D eigenvalue weighted by atomic mass is 16.5. The number of fused-ring (bicyclic) bond motifs is 1. The summed E-state index contributed by atoms with van der Waals surface area (Å²) in [5, 5.41) is 2.97. The van der Waals surface area contributed by atoms with Crippen molar-refractivity contribution in [3.05, 3.63) is 76.6 Å². The van der Waals surface area contributed by atoms with Crippen LogP contribution in [-0.2, 0) is 13.0 Å². The number of aromatic nitrogens is 2. The maximum absolute atomic E-state index is 12.7. The van der Waals surface area contributed by atoms with Crippen LogP contribution in [0, 0.1) is 20.8 Å². The van der Waals surface area contributed by atoms with Crippen LogP contribution >= 0.6 is 0 Å². The molecule has 4 rings (SSSR count). The van der Waals surface area contributed by atoms with Crippen molar-refractivity contribution < 1.29 is 9.53 Å². The van der Waals surface area contributed by atoms with Crippen LogP contribution in [0.3, 0.4) is 0 Å². The van der Waals surface area contributed by atoms with Gasteiger partial charge in [0.15, 0.2) is 0 Å². The maximum atomic E-state index is 12.7. The fraction of sp³-hybridized carbons (Fsp3) is 0.261. The zero-order valence-corrected chi connectivity index (χ0v) is 16.9. The first-order valence-electron chi connectivity index (χ1n) is 9.70. The summed E-state index contributed by atoms with van der Waals surface area (Å²) < 4.78 is 5.65. The van der Waals surface area contributed by atoms with Crippen molar-refractivity contribution in [3.63, 3.8) is 0 Å². The summed E-state index contributed by atoms with van der Waals surface area (Å²) in [6.45, 7) is 7.47. The fourth-order valence-electron chi connectivity index (χ4n) is 3.62. The van der Waals surface area contributed by atoms with Gasteiger partial charge in [-0.25, -0.2) is 14.8 Å². The molecule has 0 radical (unpaired) electrons. The van der Waals surface area contributed by atoms with E-state index in [9.17, 15) is 4.79 Å². The summed E-state index contributed by atoms with van der Waals surface area (Å²) in [4.78, 5) is 22.9. The van der Waals surface area contributed by atoms with Gasteiger partial charge in [-0.2, -0.15) is 0 Å². The second kappa shape index (κ2) is 7.91. The Bertz CT molecular complexity index is 1050. The van der Waals surface area contributed by atoms with Gasteiger partial charge in [-0.05, 0) is 74.2 Å². The van der Waals surface area contributed by atoms with Gasteiger partial charge >= 0.3 is 12.0 Å². The molecule has 0 aliphatic carbocycles. The third kappa shape index (κ3) is 4.37. The number of ether oxygens (including phenoxy) is 1. The Morgan fingerprint density at radius 1 is 1.10 bits per heavy atom. The summed E-state index contributed by atoms with van der Waals surface area (Å²) in [7, 11) is 0. The summed E-state index contributed by atoms with van der Waals surface area (Å²) in [5.74, 6) is 0.617. The standard InChI is InChI=1S/C23H24N4O2/c1-15-12-16(2)21-14-27(11-9-18(21)13-15)23(28)26-19-4-6-20(7-5-19)29-22-24-10-8-17(3)25-22/h4-8,10,12-13H,9,11,14H2,1-3H3,(H,26,28). The molecule has 0 unspecified atom stereocenters. The van der Waals surface area contributed by atoms with Crippen molar-refractivity contribution in [1.29, 1.82) is 0 Å². The van der Waals surface area contributed by atoms with Crippen LogP contribution in [0.15, 0.2) is 48.7 Å². The maximum Gasteiger partial charge on any atom is 0.322 e.